The summed E-state index contributed by atoms with van der Waals surface area (Å²) in [6.45, 7) is 6.04. The second-order valence-electron chi connectivity index (χ2n) is 5.03. The van der Waals surface area contributed by atoms with Crippen molar-refractivity contribution >= 4 is 21.8 Å². The van der Waals surface area contributed by atoms with Crippen LogP contribution < -0.4 is 15.4 Å². The lowest BCUT2D eigenvalue weighted by Crippen LogP contribution is -2.47. The molecule has 0 aliphatic rings. The van der Waals surface area contributed by atoms with Crippen LogP contribution in [0.5, 0.6) is 0 Å². The van der Waals surface area contributed by atoms with Crippen LogP contribution in [0.3, 0.4) is 0 Å². The number of hydrogen-bond acceptors (Lipinski definition) is 6. The number of aromatic nitrogens is 2. The van der Waals surface area contributed by atoms with Crippen molar-refractivity contribution in [2.24, 2.45) is 0 Å². The number of sulfonamides is 1. The fourth-order valence-electron chi connectivity index (χ4n) is 1.58. The van der Waals surface area contributed by atoms with E-state index in [1.54, 1.807) is 13.8 Å². The maximum Gasteiger partial charge on any atom is 0.224 e. The van der Waals surface area contributed by atoms with Gasteiger partial charge >= 0.3 is 0 Å². The highest BCUT2D eigenvalue weighted by Crippen LogP contribution is 2.13. The lowest BCUT2D eigenvalue weighted by molar-refractivity contribution is 0.474. The van der Waals surface area contributed by atoms with Gasteiger partial charge in [0, 0.05) is 18.6 Å². The Labute approximate surface area is 118 Å². The summed E-state index contributed by atoms with van der Waals surface area (Å²) in [5.74, 6) is -0.258. The van der Waals surface area contributed by atoms with Gasteiger partial charge in [-0.05, 0) is 20.8 Å². The van der Waals surface area contributed by atoms with Crippen molar-refractivity contribution in [1.29, 1.82) is 0 Å². The zero-order valence-electron chi connectivity index (χ0n) is 12.0. The van der Waals surface area contributed by atoms with Gasteiger partial charge in [-0.25, -0.2) is 22.5 Å². The summed E-state index contributed by atoms with van der Waals surface area (Å²) in [4.78, 5) is 7.76. The van der Waals surface area contributed by atoms with Gasteiger partial charge in [0.2, 0.25) is 16.0 Å². The summed E-state index contributed by atoms with van der Waals surface area (Å²) in [7, 11) is -3.34. The molecular weight excluding hydrogens is 285 g/mol. The van der Waals surface area contributed by atoms with Crippen molar-refractivity contribution in [3.8, 4) is 0 Å². The van der Waals surface area contributed by atoms with Gasteiger partial charge < -0.3 is 10.6 Å². The lowest BCUT2D eigenvalue weighted by Gasteiger charge is -2.25. The van der Waals surface area contributed by atoms with E-state index >= 15 is 0 Å². The molecule has 9 heteroatoms. The van der Waals surface area contributed by atoms with Gasteiger partial charge in [-0.3, -0.25) is 0 Å². The van der Waals surface area contributed by atoms with E-state index in [0.29, 0.717) is 12.5 Å². The first-order valence-electron chi connectivity index (χ1n) is 6.12. The van der Waals surface area contributed by atoms with Crippen molar-refractivity contribution in [3.63, 3.8) is 0 Å². The van der Waals surface area contributed by atoms with Crippen molar-refractivity contribution in [2.75, 3.05) is 30.0 Å². The van der Waals surface area contributed by atoms with E-state index in [1.807, 2.05) is 6.92 Å². The Balaban J connectivity index is 2.76. The molecule has 3 N–H and O–H groups in total. The third-order valence-electron chi connectivity index (χ3n) is 2.24. The van der Waals surface area contributed by atoms with E-state index in [-0.39, 0.29) is 12.4 Å². The monoisotopic (exact) mass is 305 g/mol. The van der Waals surface area contributed by atoms with E-state index < -0.39 is 21.4 Å². The van der Waals surface area contributed by atoms with Crippen LogP contribution in [-0.2, 0) is 10.0 Å². The smallest absolute Gasteiger partial charge is 0.224 e. The van der Waals surface area contributed by atoms with Gasteiger partial charge in [0.15, 0.2) is 11.6 Å². The molecule has 1 rings (SSSR count). The predicted octanol–water partition coefficient (Wildman–Crippen LogP) is 0.787. The topological polar surface area (TPSA) is 96.0 Å². The minimum absolute atomic E-state index is 0.0272. The van der Waals surface area contributed by atoms with Crippen LogP contribution in [0.1, 0.15) is 20.8 Å². The van der Waals surface area contributed by atoms with Crippen LogP contribution in [0.25, 0.3) is 0 Å². The molecule has 20 heavy (non-hydrogen) atoms. The predicted molar refractivity (Wildman–Crippen MR) is 76.7 cm³/mol. The highest BCUT2D eigenvalue weighted by molar-refractivity contribution is 7.88. The molecule has 0 unspecified atom stereocenters. The minimum atomic E-state index is -3.34. The second kappa shape index (κ2) is 6.31. The molecule has 0 fully saturated rings. The fraction of sp³-hybridized carbons (Fsp3) is 0.636. The molecule has 0 saturated heterocycles. The van der Waals surface area contributed by atoms with Crippen molar-refractivity contribution in [1.82, 2.24) is 14.7 Å². The third kappa shape index (κ3) is 5.66. The first kappa shape index (κ1) is 16.6. The third-order valence-corrected chi connectivity index (χ3v) is 3.16. The molecule has 0 bridgehead atoms. The molecule has 0 spiro atoms. The Morgan fingerprint density at radius 3 is 2.55 bits per heavy atom. The Bertz CT molecular complexity index is 562. The second-order valence-corrected chi connectivity index (χ2v) is 6.78. The summed E-state index contributed by atoms with van der Waals surface area (Å²) in [6.07, 6.45) is 2.13. The number of rotatable bonds is 7. The molecule has 0 amide bonds. The van der Waals surface area contributed by atoms with E-state index in [9.17, 15) is 12.8 Å². The van der Waals surface area contributed by atoms with Crippen molar-refractivity contribution in [2.45, 2.75) is 26.3 Å². The SMILES string of the molecule is CCNc1ncc(F)c(NCC(C)(C)NS(C)(=O)=O)n1. The molecular formula is C11H20FN5O2S. The lowest BCUT2D eigenvalue weighted by atomic mass is 10.1. The van der Waals surface area contributed by atoms with Gasteiger partial charge in [-0.15, -0.1) is 0 Å². The number of hydrogen-bond donors (Lipinski definition) is 3. The van der Waals surface area contributed by atoms with Crippen LogP contribution in [0.2, 0.25) is 0 Å². The quantitative estimate of drug-likeness (QED) is 0.689. The molecule has 114 valence electrons. The molecule has 0 aliphatic carbocycles. The summed E-state index contributed by atoms with van der Waals surface area (Å²) in [5, 5.41) is 5.65. The van der Waals surface area contributed by atoms with Gasteiger partial charge in [-0.2, -0.15) is 4.98 Å². The molecule has 0 radical (unpaired) electrons. The van der Waals surface area contributed by atoms with E-state index in [2.05, 4.69) is 25.3 Å². The Kier molecular flexibility index (Phi) is 5.23. The van der Waals surface area contributed by atoms with E-state index in [4.69, 9.17) is 0 Å². The normalized spacial score (nSPS) is 12.2. The van der Waals surface area contributed by atoms with Gasteiger partial charge in [0.05, 0.1) is 12.5 Å². The molecule has 1 aromatic rings. The van der Waals surface area contributed by atoms with Crippen LogP contribution in [0.4, 0.5) is 16.2 Å². The van der Waals surface area contributed by atoms with Crippen molar-refractivity contribution < 1.29 is 12.8 Å². The van der Waals surface area contributed by atoms with Crippen LogP contribution in [-0.4, -0.2) is 43.3 Å². The number of nitrogens with one attached hydrogen (secondary N) is 3. The molecule has 1 heterocycles. The summed E-state index contributed by atoms with van der Waals surface area (Å²) < 4.78 is 38.5. The van der Waals surface area contributed by atoms with Crippen LogP contribution >= 0.6 is 0 Å². The minimum Gasteiger partial charge on any atom is -0.366 e. The first-order chi connectivity index (χ1) is 9.13. The zero-order valence-corrected chi connectivity index (χ0v) is 12.8. The van der Waals surface area contributed by atoms with Crippen LogP contribution in [0.15, 0.2) is 6.20 Å². The number of halogens is 1. The Morgan fingerprint density at radius 1 is 1.35 bits per heavy atom. The molecule has 0 aromatic carbocycles. The highest BCUT2D eigenvalue weighted by atomic mass is 32.2. The maximum atomic E-state index is 13.6. The summed E-state index contributed by atoms with van der Waals surface area (Å²) in [6, 6.07) is 0. The van der Waals surface area contributed by atoms with Gasteiger partial charge in [-0.1, -0.05) is 0 Å². The molecule has 7 nitrogen and oxygen atoms in total. The first-order valence-corrected chi connectivity index (χ1v) is 8.01. The molecule has 0 saturated carbocycles. The number of nitrogens with zero attached hydrogens (tertiary/aromatic N) is 2. The Hall–Kier alpha value is -1.48. The summed E-state index contributed by atoms with van der Waals surface area (Å²) >= 11 is 0. The molecule has 1 aromatic heterocycles. The van der Waals surface area contributed by atoms with Crippen molar-refractivity contribution in [3.05, 3.63) is 12.0 Å². The average molecular weight is 305 g/mol. The average Bonchev–Trinajstić information content (AvgIpc) is 2.27. The molecule has 0 aliphatic heterocycles. The van der Waals surface area contributed by atoms with Gasteiger partial charge in [0.25, 0.3) is 0 Å². The number of anilines is 2. The molecule has 0 atom stereocenters. The van der Waals surface area contributed by atoms with E-state index in [0.717, 1.165) is 12.5 Å². The fourth-order valence-corrected chi connectivity index (χ4v) is 2.65. The van der Waals surface area contributed by atoms with Gasteiger partial charge in [0.1, 0.15) is 0 Å². The van der Waals surface area contributed by atoms with Crippen LogP contribution in [0, 0.1) is 5.82 Å². The van der Waals surface area contributed by atoms with E-state index in [1.165, 1.54) is 0 Å². The highest BCUT2D eigenvalue weighted by Gasteiger charge is 2.22. The standard InChI is InChI=1S/C11H20FN5O2S/c1-5-13-10-14-6-8(12)9(16-10)15-7-11(2,3)17-20(4,18)19/h6,17H,5,7H2,1-4H3,(H2,13,14,15,16). The maximum absolute atomic E-state index is 13.6. The zero-order chi connectivity index (χ0) is 15.4. The summed E-state index contributed by atoms with van der Waals surface area (Å²) in [5.41, 5.74) is -0.774. The largest absolute Gasteiger partial charge is 0.366 e. The Morgan fingerprint density at radius 2 is 2.00 bits per heavy atom.